The van der Waals surface area contributed by atoms with Crippen molar-refractivity contribution in [2.45, 2.75) is 24.9 Å². The molecule has 22 heavy (non-hydrogen) atoms. The molecule has 2 saturated heterocycles. The van der Waals surface area contributed by atoms with Crippen LogP contribution in [0.5, 0.6) is 0 Å². The Labute approximate surface area is 146 Å². The summed E-state index contributed by atoms with van der Waals surface area (Å²) < 4.78 is 28.7. The molecule has 2 aliphatic heterocycles. The normalized spacial score (nSPS) is 34.3. The van der Waals surface area contributed by atoms with E-state index >= 15 is 0 Å². The molecule has 3 N–H and O–H groups in total. The molecule has 0 bridgehead atoms. The molecule has 2 aromatic rings. The van der Waals surface area contributed by atoms with Crippen molar-refractivity contribution in [2.75, 3.05) is 12.3 Å². The van der Waals surface area contributed by atoms with Crippen LogP contribution in [0.15, 0.2) is 12.7 Å². The summed E-state index contributed by atoms with van der Waals surface area (Å²) in [6.07, 6.45) is 1.97. The Morgan fingerprint density at radius 2 is 2.18 bits per heavy atom. The molecule has 0 aliphatic carbocycles. The second-order valence-electron chi connectivity index (χ2n) is 4.86. The summed E-state index contributed by atoms with van der Waals surface area (Å²) in [6.45, 7) is 0.0126. The van der Waals surface area contributed by atoms with Gasteiger partial charge in [-0.05, 0) is 0 Å². The van der Waals surface area contributed by atoms with E-state index in [4.69, 9.17) is 19.5 Å². The van der Waals surface area contributed by atoms with Gasteiger partial charge < -0.3 is 15.4 Å². The largest absolute Gasteiger partial charge is 0.472 e. The van der Waals surface area contributed by atoms with E-state index in [-0.39, 0.29) is 42.0 Å². The minimum absolute atomic E-state index is 0. The Balaban J connectivity index is 0.00000144. The van der Waals surface area contributed by atoms with Crippen LogP contribution < -0.4 is 5.73 Å². The van der Waals surface area contributed by atoms with Crippen LogP contribution in [-0.4, -0.2) is 72.8 Å². The van der Waals surface area contributed by atoms with E-state index in [2.05, 4.69) is 15.0 Å². The predicted molar refractivity (Wildman–Crippen MR) is 74.7 cm³/mol. The molecule has 1 radical (unpaired) electrons. The number of nitrogens with zero attached hydrogens (tertiary/aromatic N) is 4. The van der Waals surface area contributed by atoms with E-state index < -0.39 is 26.3 Å². The van der Waals surface area contributed by atoms with E-state index in [1.165, 1.54) is 6.33 Å². The van der Waals surface area contributed by atoms with E-state index in [1.807, 2.05) is 0 Å². The molecule has 0 amide bonds. The average Bonchev–Trinajstić information content (AvgIpc) is 3.01. The van der Waals surface area contributed by atoms with Crippen molar-refractivity contribution in [2.24, 2.45) is 0 Å². The smallest absolute Gasteiger partial charge is 0.382 e. The molecule has 2 aromatic heterocycles. The van der Waals surface area contributed by atoms with Gasteiger partial charge in [0.15, 0.2) is 11.5 Å². The Hall–Kier alpha value is -0.580. The molecule has 4 unspecified atom stereocenters. The molecule has 2 fully saturated rings. The quantitative estimate of drug-likeness (QED) is 0.537. The SMILES string of the molecule is Nc1ncnc2c1ncn2C1CC2OP(=O)(O)OCC2O1.[Na]. The van der Waals surface area contributed by atoms with Crippen molar-refractivity contribution in [3.8, 4) is 0 Å². The Morgan fingerprint density at radius 3 is 3.00 bits per heavy atom. The zero-order chi connectivity index (χ0) is 14.6. The first-order valence-electron chi connectivity index (χ1n) is 6.28. The van der Waals surface area contributed by atoms with Crippen LogP contribution in [0.25, 0.3) is 11.2 Å². The number of ether oxygens (including phenoxy) is 1. The molecule has 4 atom stereocenters. The zero-order valence-corrected chi connectivity index (χ0v) is 14.6. The summed E-state index contributed by atoms with van der Waals surface area (Å²) in [5.41, 5.74) is 6.77. The van der Waals surface area contributed by atoms with Gasteiger partial charge in [-0.2, -0.15) is 0 Å². The molecule has 2 aliphatic rings. The van der Waals surface area contributed by atoms with Gasteiger partial charge >= 0.3 is 7.82 Å². The monoisotopic (exact) mass is 336 g/mol. The van der Waals surface area contributed by atoms with Crippen molar-refractivity contribution >= 4 is 54.4 Å². The second kappa shape index (κ2) is 5.81. The Kier molecular flexibility index (Phi) is 4.30. The Morgan fingerprint density at radius 1 is 1.36 bits per heavy atom. The number of nitrogens with two attached hydrogens (primary N) is 1. The number of phosphoric acid groups is 1. The third-order valence-electron chi connectivity index (χ3n) is 3.55. The molecule has 0 spiro atoms. The molecule has 10 nitrogen and oxygen atoms in total. The number of hydrogen-bond donors (Lipinski definition) is 2. The second-order valence-corrected chi connectivity index (χ2v) is 6.26. The summed E-state index contributed by atoms with van der Waals surface area (Å²) in [7, 11) is -3.97. The first-order valence-corrected chi connectivity index (χ1v) is 7.77. The first kappa shape index (κ1) is 16.3. The number of aromatic nitrogens is 4. The number of imidazole rings is 1. The van der Waals surface area contributed by atoms with Crippen LogP contribution in [-0.2, 0) is 18.3 Å². The van der Waals surface area contributed by atoms with Gasteiger partial charge in [-0.3, -0.25) is 13.6 Å². The summed E-state index contributed by atoms with van der Waals surface area (Å²) >= 11 is 0. The van der Waals surface area contributed by atoms with Gasteiger partial charge in [-0.15, -0.1) is 0 Å². The van der Waals surface area contributed by atoms with Crippen molar-refractivity contribution in [1.82, 2.24) is 19.5 Å². The molecule has 113 valence electrons. The van der Waals surface area contributed by atoms with Crippen LogP contribution in [0, 0.1) is 0 Å². The summed E-state index contributed by atoms with van der Waals surface area (Å²) in [6, 6.07) is 0. The number of hydrogen-bond acceptors (Lipinski definition) is 8. The van der Waals surface area contributed by atoms with Crippen molar-refractivity contribution < 1.29 is 23.2 Å². The molecule has 0 aromatic carbocycles. The molecule has 0 saturated carbocycles. The van der Waals surface area contributed by atoms with Gasteiger partial charge in [0, 0.05) is 36.0 Å². The van der Waals surface area contributed by atoms with Crippen molar-refractivity contribution in [3.05, 3.63) is 12.7 Å². The van der Waals surface area contributed by atoms with Gasteiger partial charge in [0.05, 0.1) is 12.9 Å². The third-order valence-corrected chi connectivity index (χ3v) is 4.56. The molecule has 12 heteroatoms. The van der Waals surface area contributed by atoms with Gasteiger partial charge in [0.2, 0.25) is 0 Å². The van der Waals surface area contributed by atoms with Crippen LogP contribution in [0.2, 0.25) is 0 Å². The van der Waals surface area contributed by atoms with Gasteiger partial charge in [-0.25, -0.2) is 19.5 Å². The fourth-order valence-corrected chi connectivity index (χ4v) is 3.54. The fourth-order valence-electron chi connectivity index (χ4n) is 2.58. The van der Waals surface area contributed by atoms with Crippen LogP contribution in [0.1, 0.15) is 12.6 Å². The van der Waals surface area contributed by atoms with E-state index in [9.17, 15) is 9.46 Å². The van der Waals surface area contributed by atoms with Crippen LogP contribution >= 0.6 is 7.82 Å². The average molecular weight is 336 g/mol. The van der Waals surface area contributed by atoms with Gasteiger partial charge in [-0.1, -0.05) is 0 Å². The standard InChI is InChI=1S/C10H12N5O5P.Na/c11-9-8-10(13-3-12-9)15(4-14-8)7-1-5-6(19-7)2-18-21(16,17)20-5;/h3-7H,1-2H2,(H,16,17)(H2,11,12,13);. The van der Waals surface area contributed by atoms with E-state index in [0.29, 0.717) is 17.6 Å². The number of anilines is 1. The molecule has 4 heterocycles. The maximum atomic E-state index is 11.4. The van der Waals surface area contributed by atoms with Crippen LogP contribution in [0.4, 0.5) is 5.82 Å². The zero-order valence-electron chi connectivity index (χ0n) is 11.7. The predicted octanol–water partition coefficient (Wildman–Crippen LogP) is -0.169. The number of nitrogen functional groups attached to an aromatic ring is 1. The minimum Gasteiger partial charge on any atom is -0.382 e. The topological polar surface area (TPSA) is 135 Å². The summed E-state index contributed by atoms with van der Waals surface area (Å²) in [4.78, 5) is 21.5. The van der Waals surface area contributed by atoms with Crippen LogP contribution in [0.3, 0.4) is 0 Å². The molecular weight excluding hydrogens is 324 g/mol. The third kappa shape index (κ3) is 2.70. The maximum Gasteiger partial charge on any atom is 0.472 e. The Bertz CT molecular complexity index is 756. The minimum atomic E-state index is -3.97. The molecular formula is C10H12N5NaO5P. The number of rotatable bonds is 1. The molecule has 4 rings (SSSR count). The fraction of sp³-hybridized carbons (Fsp3) is 0.500. The first-order chi connectivity index (χ1) is 10.0. The van der Waals surface area contributed by atoms with E-state index in [1.54, 1.807) is 10.9 Å². The number of fused-ring (bicyclic) bond motifs is 2. The van der Waals surface area contributed by atoms with Gasteiger partial charge in [0.25, 0.3) is 0 Å². The van der Waals surface area contributed by atoms with Crippen molar-refractivity contribution in [3.63, 3.8) is 0 Å². The van der Waals surface area contributed by atoms with Gasteiger partial charge in [0.1, 0.15) is 30.3 Å². The van der Waals surface area contributed by atoms with E-state index in [0.717, 1.165) is 0 Å². The maximum absolute atomic E-state index is 11.4. The summed E-state index contributed by atoms with van der Waals surface area (Å²) in [5.74, 6) is 0.286. The van der Waals surface area contributed by atoms with Crippen molar-refractivity contribution in [1.29, 1.82) is 0 Å². The summed E-state index contributed by atoms with van der Waals surface area (Å²) in [5, 5.41) is 0. The number of phosphoric ester groups is 1.